The quantitative estimate of drug-likeness (QED) is 0.943. The number of rotatable bonds is 4. The molecule has 0 amide bonds. The highest BCUT2D eigenvalue weighted by molar-refractivity contribution is 9.10. The Balaban J connectivity index is 2.04. The zero-order valence-corrected chi connectivity index (χ0v) is 10.9. The molecule has 0 aliphatic heterocycles. The molecule has 1 aromatic carbocycles. The van der Waals surface area contributed by atoms with Crippen molar-refractivity contribution < 1.29 is 4.74 Å². The number of nitrogens with zero attached hydrogens (tertiary/aromatic N) is 1. The highest BCUT2D eigenvalue weighted by atomic mass is 79.9. The molecule has 0 spiro atoms. The van der Waals surface area contributed by atoms with E-state index in [0.717, 1.165) is 21.3 Å². The van der Waals surface area contributed by atoms with Gasteiger partial charge in [-0.1, -0.05) is 28.1 Å². The number of hydrogen-bond acceptors (Lipinski definition) is 3. The van der Waals surface area contributed by atoms with Gasteiger partial charge >= 0.3 is 0 Å². The maximum Gasteiger partial charge on any atom is 0.127 e. The molecule has 0 fully saturated rings. The van der Waals surface area contributed by atoms with Crippen LogP contribution in [0.4, 0.5) is 0 Å². The SMILES string of the molecule is NCc1cnccc1OCc1ccc(Br)cc1. The summed E-state index contributed by atoms with van der Waals surface area (Å²) in [6.07, 6.45) is 3.44. The number of pyridine rings is 1. The molecule has 88 valence electrons. The Bertz CT molecular complexity index is 485. The van der Waals surface area contributed by atoms with Gasteiger partial charge in [0.25, 0.3) is 0 Å². The first kappa shape index (κ1) is 12.1. The van der Waals surface area contributed by atoms with Crippen LogP contribution in [0.15, 0.2) is 47.2 Å². The summed E-state index contributed by atoms with van der Waals surface area (Å²) in [4.78, 5) is 4.02. The predicted octanol–water partition coefficient (Wildman–Crippen LogP) is 2.88. The third kappa shape index (κ3) is 3.28. The fraction of sp³-hybridized carbons (Fsp3) is 0.154. The van der Waals surface area contributed by atoms with Crippen molar-refractivity contribution in [3.05, 3.63) is 58.3 Å². The third-order valence-corrected chi connectivity index (χ3v) is 2.92. The largest absolute Gasteiger partial charge is 0.488 e. The second-order valence-corrected chi connectivity index (χ2v) is 4.52. The molecule has 2 aromatic rings. The molecule has 2 rings (SSSR count). The number of benzene rings is 1. The van der Waals surface area contributed by atoms with E-state index in [-0.39, 0.29) is 0 Å². The molecule has 0 unspecified atom stereocenters. The van der Waals surface area contributed by atoms with E-state index in [4.69, 9.17) is 10.5 Å². The van der Waals surface area contributed by atoms with Crippen molar-refractivity contribution in [1.82, 2.24) is 4.98 Å². The van der Waals surface area contributed by atoms with Gasteiger partial charge in [0.1, 0.15) is 12.4 Å². The van der Waals surface area contributed by atoms with Crippen molar-refractivity contribution in [3.63, 3.8) is 0 Å². The third-order valence-electron chi connectivity index (χ3n) is 2.39. The molecule has 17 heavy (non-hydrogen) atoms. The fourth-order valence-electron chi connectivity index (χ4n) is 1.45. The van der Waals surface area contributed by atoms with Gasteiger partial charge in [0, 0.05) is 29.0 Å². The predicted molar refractivity (Wildman–Crippen MR) is 70.6 cm³/mol. The zero-order chi connectivity index (χ0) is 12.1. The van der Waals surface area contributed by atoms with Crippen molar-refractivity contribution >= 4 is 15.9 Å². The Labute approximate surface area is 109 Å². The lowest BCUT2D eigenvalue weighted by atomic mass is 10.2. The molecule has 0 atom stereocenters. The number of hydrogen-bond donors (Lipinski definition) is 1. The first-order valence-electron chi connectivity index (χ1n) is 5.30. The number of nitrogens with two attached hydrogens (primary N) is 1. The first-order chi connectivity index (χ1) is 8.29. The summed E-state index contributed by atoms with van der Waals surface area (Å²) in [6, 6.07) is 9.87. The van der Waals surface area contributed by atoms with E-state index >= 15 is 0 Å². The monoisotopic (exact) mass is 292 g/mol. The van der Waals surface area contributed by atoms with Gasteiger partial charge in [-0.15, -0.1) is 0 Å². The molecule has 0 radical (unpaired) electrons. The summed E-state index contributed by atoms with van der Waals surface area (Å²) in [5.74, 6) is 0.797. The second kappa shape index (κ2) is 5.80. The highest BCUT2D eigenvalue weighted by Gasteiger charge is 2.02. The van der Waals surface area contributed by atoms with Gasteiger partial charge in [-0.25, -0.2) is 0 Å². The van der Waals surface area contributed by atoms with Crippen molar-refractivity contribution in [2.75, 3.05) is 0 Å². The van der Waals surface area contributed by atoms with E-state index in [0.29, 0.717) is 13.2 Å². The minimum absolute atomic E-state index is 0.434. The Kier molecular flexibility index (Phi) is 4.12. The maximum atomic E-state index is 5.72. The smallest absolute Gasteiger partial charge is 0.127 e. The van der Waals surface area contributed by atoms with E-state index < -0.39 is 0 Å². The summed E-state index contributed by atoms with van der Waals surface area (Å²) in [5, 5.41) is 0. The fourth-order valence-corrected chi connectivity index (χ4v) is 1.71. The van der Waals surface area contributed by atoms with Crippen molar-refractivity contribution in [2.45, 2.75) is 13.2 Å². The average molecular weight is 293 g/mol. The number of aromatic nitrogens is 1. The molecule has 0 aliphatic carbocycles. The summed E-state index contributed by atoms with van der Waals surface area (Å²) in [7, 11) is 0. The van der Waals surface area contributed by atoms with Crippen molar-refractivity contribution in [3.8, 4) is 5.75 Å². The normalized spacial score (nSPS) is 10.2. The zero-order valence-electron chi connectivity index (χ0n) is 9.27. The van der Waals surface area contributed by atoms with Crippen LogP contribution in [0.25, 0.3) is 0 Å². The molecular weight excluding hydrogens is 280 g/mol. The second-order valence-electron chi connectivity index (χ2n) is 3.60. The molecule has 1 heterocycles. The van der Waals surface area contributed by atoms with Crippen LogP contribution in [0.3, 0.4) is 0 Å². The van der Waals surface area contributed by atoms with Crippen LogP contribution >= 0.6 is 15.9 Å². The Morgan fingerprint density at radius 2 is 1.94 bits per heavy atom. The molecule has 4 heteroatoms. The number of ether oxygens (including phenoxy) is 1. The summed E-state index contributed by atoms with van der Waals surface area (Å²) >= 11 is 3.40. The number of halogens is 1. The van der Waals surface area contributed by atoms with Gasteiger partial charge in [-0.3, -0.25) is 4.98 Å². The van der Waals surface area contributed by atoms with Crippen LogP contribution in [0.1, 0.15) is 11.1 Å². The Morgan fingerprint density at radius 3 is 2.65 bits per heavy atom. The molecule has 0 saturated heterocycles. The van der Waals surface area contributed by atoms with Crippen molar-refractivity contribution in [1.29, 1.82) is 0 Å². The van der Waals surface area contributed by atoms with Crippen LogP contribution in [0.5, 0.6) is 5.75 Å². The van der Waals surface area contributed by atoms with Gasteiger partial charge in [0.2, 0.25) is 0 Å². The summed E-state index contributed by atoms with van der Waals surface area (Å²) in [5.41, 5.74) is 7.65. The van der Waals surface area contributed by atoms with Crippen LogP contribution in [0, 0.1) is 0 Å². The molecule has 1 aromatic heterocycles. The van der Waals surface area contributed by atoms with Gasteiger partial charge < -0.3 is 10.5 Å². The van der Waals surface area contributed by atoms with E-state index in [2.05, 4.69) is 20.9 Å². The minimum atomic E-state index is 0.434. The first-order valence-corrected chi connectivity index (χ1v) is 6.09. The van der Waals surface area contributed by atoms with Gasteiger partial charge in [-0.05, 0) is 23.8 Å². The van der Waals surface area contributed by atoms with Gasteiger partial charge in [0.15, 0.2) is 0 Å². The Hall–Kier alpha value is -1.39. The molecule has 0 aliphatic rings. The highest BCUT2D eigenvalue weighted by Crippen LogP contribution is 2.18. The lowest BCUT2D eigenvalue weighted by Crippen LogP contribution is -2.03. The molecule has 0 saturated carbocycles. The standard InChI is InChI=1S/C13H13BrN2O/c14-12-3-1-10(2-4-12)9-17-13-5-6-16-8-11(13)7-15/h1-6,8H,7,9,15H2. The molecule has 2 N–H and O–H groups in total. The Morgan fingerprint density at radius 1 is 1.18 bits per heavy atom. The topological polar surface area (TPSA) is 48.1 Å². The lowest BCUT2D eigenvalue weighted by molar-refractivity contribution is 0.302. The van der Waals surface area contributed by atoms with E-state index in [1.54, 1.807) is 12.4 Å². The van der Waals surface area contributed by atoms with E-state index in [9.17, 15) is 0 Å². The van der Waals surface area contributed by atoms with E-state index in [1.165, 1.54) is 0 Å². The van der Waals surface area contributed by atoms with Crippen LogP contribution in [-0.4, -0.2) is 4.98 Å². The lowest BCUT2D eigenvalue weighted by Gasteiger charge is -2.09. The van der Waals surface area contributed by atoms with Crippen LogP contribution < -0.4 is 10.5 Å². The molecule has 0 bridgehead atoms. The average Bonchev–Trinajstić information content (AvgIpc) is 2.38. The molecule has 3 nitrogen and oxygen atoms in total. The van der Waals surface area contributed by atoms with Gasteiger partial charge in [-0.2, -0.15) is 0 Å². The van der Waals surface area contributed by atoms with Crippen LogP contribution in [0.2, 0.25) is 0 Å². The van der Waals surface area contributed by atoms with E-state index in [1.807, 2.05) is 30.3 Å². The van der Waals surface area contributed by atoms with Crippen LogP contribution in [-0.2, 0) is 13.2 Å². The summed E-state index contributed by atoms with van der Waals surface area (Å²) < 4.78 is 6.78. The summed E-state index contributed by atoms with van der Waals surface area (Å²) in [6.45, 7) is 0.966. The molecular formula is C13H13BrN2O. The van der Waals surface area contributed by atoms with Gasteiger partial charge in [0.05, 0.1) is 0 Å². The minimum Gasteiger partial charge on any atom is -0.488 e. The van der Waals surface area contributed by atoms with Crippen molar-refractivity contribution in [2.24, 2.45) is 5.73 Å². The maximum absolute atomic E-state index is 5.72.